The van der Waals surface area contributed by atoms with Gasteiger partial charge in [-0.05, 0) is 42.3 Å². The maximum atomic E-state index is 10.9. The minimum atomic E-state index is -0.00637. The maximum Gasteiger partial charge on any atom is 0.136 e. The van der Waals surface area contributed by atoms with E-state index in [1.54, 1.807) is 0 Å². The summed E-state index contributed by atoms with van der Waals surface area (Å²) < 4.78 is 2.19. The molecule has 0 radical (unpaired) electrons. The van der Waals surface area contributed by atoms with Gasteiger partial charge in [0.25, 0.3) is 0 Å². The van der Waals surface area contributed by atoms with Crippen LogP contribution in [-0.4, -0.2) is 28.1 Å². The molecule has 1 N–H and O–H groups in total. The molecule has 0 saturated heterocycles. The molecular formula is C28H32N4O. The molecular weight excluding hydrogens is 408 g/mol. The van der Waals surface area contributed by atoms with Crippen molar-refractivity contribution >= 4 is 22.7 Å². The van der Waals surface area contributed by atoms with Crippen molar-refractivity contribution in [2.45, 2.75) is 45.6 Å². The summed E-state index contributed by atoms with van der Waals surface area (Å²) in [4.78, 5) is 10.9. The number of nitrogens with zero attached hydrogens (tertiary/aromatic N) is 3. The normalized spacial score (nSPS) is 13.8. The predicted molar refractivity (Wildman–Crippen MR) is 135 cm³/mol. The van der Waals surface area contributed by atoms with Crippen molar-refractivity contribution in [2.75, 3.05) is 12.4 Å². The lowest BCUT2D eigenvalue weighted by Gasteiger charge is -2.12. The van der Waals surface area contributed by atoms with E-state index in [1.807, 2.05) is 14.0 Å². The first-order chi connectivity index (χ1) is 16.1. The molecule has 5 heteroatoms. The van der Waals surface area contributed by atoms with Gasteiger partial charge in [-0.3, -0.25) is 0 Å². The third kappa shape index (κ3) is 4.98. The topological polar surface area (TPSA) is 59.8 Å². The van der Waals surface area contributed by atoms with Crippen LogP contribution < -0.4 is 5.32 Å². The number of rotatable bonds is 6. The minimum Gasteiger partial charge on any atom is -0.388 e. The number of anilines is 1. The molecule has 1 atom stereocenters. The number of fused-ring (bicyclic) bond motifs is 2. The van der Waals surface area contributed by atoms with Crippen molar-refractivity contribution in [1.82, 2.24) is 14.8 Å². The van der Waals surface area contributed by atoms with Gasteiger partial charge in [-0.1, -0.05) is 67.6 Å². The minimum absolute atomic E-state index is 0.00637. The van der Waals surface area contributed by atoms with Gasteiger partial charge in [0.2, 0.25) is 0 Å². The second kappa shape index (κ2) is 10.4. The number of carbonyl (C=O) groups is 1. The van der Waals surface area contributed by atoms with Gasteiger partial charge in [-0.15, -0.1) is 10.2 Å². The molecule has 0 saturated carbocycles. The van der Waals surface area contributed by atoms with E-state index in [2.05, 4.69) is 93.7 Å². The van der Waals surface area contributed by atoms with Crippen molar-refractivity contribution < 1.29 is 4.79 Å². The summed E-state index contributed by atoms with van der Waals surface area (Å²) in [6, 6.07) is 23.2. The van der Waals surface area contributed by atoms with Crippen LogP contribution in [0, 0.1) is 5.92 Å². The summed E-state index contributed by atoms with van der Waals surface area (Å²) in [5.74, 6) is 2.41. The lowest BCUT2D eigenvalue weighted by Crippen LogP contribution is -2.13. The Bertz CT molecular complexity index is 1200. The van der Waals surface area contributed by atoms with Gasteiger partial charge in [0.15, 0.2) is 0 Å². The van der Waals surface area contributed by atoms with Gasteiger partial charge >= 0.3 is 0 Å². The molecule has 33 heavy (non-hydrogen) atoms. The molecule has 0 amide bonds. The molecule has 0 bridgehead atoms. The van der Waals surface area contributed by atoms with Gasteiger partial charge in [-0.2, -0.15) is 0 Å². The number of aromatic nitrogens is 3. The zero-order valence-electron chi connectivity index (χ0n) is 19.7. The summed E-state index contributed by atoms with van der Waals surface area (Å²) in [6.45, 7) is 4.90. The average molecular weight is 441 g/mol. The highest BCUT2D eigenvalue weighted by Crippen LogP contribution is 2.33. The molecule has 1 heterocycles. The quantitative estimate of drug-likeness (QED) is 0.406. The van der Waals surface area contributed by atoms with Crippen LogP contribution in [0.5, 0.6) is 0 Å². The molecule has 170 valence electrons. The Hall–Kier alpha value is -3.47. The van der Waals surface area contributed by atoms with E-state index in [9.17, 15) is 4.79 Å². The van der Waals surface area contributed by atoms with Crippen LogP contribution in [0.4, 0.5) is 5.69 Å². The number of benzene rings is 3. The average Bonchev–Trinajstić information content (AvgIpc) is 3.47. The van der Waals surface area contributed by atoms with Gasteiger partial charge in [0, 0.05) is 42.9 Å². The zero-order valence-corrected chi connectivity index (χ0v) is 19.7. The van der Waals surface area contributed by atoms with E-state index >= 15 is 0 Å². The molecule has 1 unspecified atom stereocenters. The SMILES string of the molecule is CCn1c(CC(C)C=O)nnc1C1Cc2ccccc2C1.CNc1cccc2ccccc12. The molecule has 1 aliphatic carbocycles. The van der Waals surface area contributed by atoms with Crippen molar-refractivity contribution in [2.24, 2.45) is 5.92 Å². The summed E-state index contributed by atoms with van der Waals surface area (Å²) in [5, 5.41) is 14.5. The maximum absolute atomic E-state index is 10.9. The molecule has 5 nitrogen and oxygen atoms in total. The fourth-order valence-corrected chi connectivity index (χ4v) is 4.67. The highest BCUT2D eigenvalue weighted by molar-refractivity contribution is 5.93. The van der Waals surface area contributed by atoms with E-state index in [0.717, 1.165) is 37.3 Å². The number of carbonyl (C=O) groups excluding carboxylic acids is 1. The molecule has 0 fully saturated rings. The monoisotopic (exact) mass is 440 g/mol. The molecule has 0 aliphatic heterocycles. The number of aldehydes is 1. The van der Waals surface area contributed by atoms with Crippen molar-refractivity contribution in [3.8, 4) is 0 Å². The van der Waals surface area contributed by atoms with E-state index in [-0.39, 0.29) is 5.92 Å². The third-order valence-electron chi connectivity index (χ3n) is 6.38. The van der Waals surface area contributed by atoms with Crippen LogP contribution >= 0.6 is 0 Å². The van der Waals surface area contributed by atoms with E-state index in [1.165, 1.54) is 27.6 Å². The standard InChI is InChI=1S/C17H21N3O.C11H11N/c1-3-20-16(8-12(2)11-21)18-19-17(20)15-9-13-6-4-5-7-14(13)10-15;1-12-11-8-4-6-9-5-2-3-7-10(9)11/h4-7,11-12,15H,3,8-10H2,1-2H3;2-8,12H,1H3. The van der Waals surface area contributed by atoms with Crippen molar-refractivity contribution in [1.29, 1.82) is 0 Å². The largest absolute Gasteiger partial charge is 0.388 e. The summed E-state index contributed by atoms with van der Waals surface area (Å²) in [7, 11) is 1.95. The lowest BCUT2D eigenvalue weighted by atomic mass is 10.1. The Morgan fingerprint density at radius 1 is 1.00 bits per heavy atom. The van der Waals surface area contributed by atoms with Crippen LogP contribution in [-0.2, 0) is 30.6 Å². The van der Waals surface area contributed by atoms with Crippen LogP contribution in [0.2, 0.25) is 0 Å². The molecule has 3 aromatic carbocycles. The molecule has 0 spiro atoms. The Balaban J connectivity index is 0.000000183. The first-order valence-electron chi connectivity index (χ1n) is 11.7. The fourth-order valence-electron chi connectivity index (χ4n) is 4.67. The molecule has 5 rings (SSSR count). The van der Waals surface area contributed by atoms with Crippen LogP contribution in [0.3, 0.4) is 0 Å². The molecule has 1 aliphatic rings. The first-order valence-corrected chi connectivity index (χ1v) is 11.7. The Morgan fingerprint density at radius 2 is 1.67 bits per heavy atom. The number of hydrogen-bond donors (Lipinski definition) is 1. The summed E-state index contributed by atoms with van der Waals surface area (Å²) in [5.41, 5.74) is 4.04. The summed E-state index contributed by atoms with van der Waals surface area (Å²) >= 11 is 0. The third-order valence-corrected chi connectivity index (χ3v) is 6.38. The Labute approximate surface area is 195 Å². The van der Waals surface area contributed by atoms with Gasteiger partial charge in [0.1, 0.15) is 17.9 Å². The number of hydrogen-bond acceptors (Lipinski definition) is 4. The Kier molecular flexibility index (Phi) is 7.18. The van der Waals surface area contributed by atoms with E-state index in [4.69, 9.17) is 0 Å². The van der Waals surface area contributed by atoms with Crippen LogP contribution in [0.15, 0.2) is 66.7 Å². The highest BCUT2D eigenvalue weighted by atomic mass is 16.1. The van der Waals surface area contributed by atoms with Gasteiger partial charge in [-0.25, -0.2) is 0 Å². The summed E-state index contributed by atoms with van der Waals surface area (Å²) in [6.07, 6.45) is 3.73. The van der Waals surface area contributed by atoms with Crippen LogP contribution in [0.25, 0.3) is 10.8 Å². The van der Waals surface area contributed by atoms with Gasteiger partial charge < -0.3 is 14.7 Å². The van der Waals surface area contributed by atoms with E-state index < -0.39 is 0 Å². The van der Waals surface area contributed by atoms with Crippen molar-refractivity contribution in [3.63, 3.8) is 0 Å². The smallest absolute Gasteiger partial charge is 0.136 e. The molecule has 4 aromatic rings. The van der Waals surface area contributed by atoms with Crippen molar-refractivity contribution in [3.05, 3.63) is 89.5 Å². The van der Waals surface area contributed by atoms with Crippen LogP contribution in [0.1, 0.15) is 42.5 Å². The van der Waals surface area contributed by atoms with Gasteiger partial charge in [0.05, 0.1) is 0 Å². The lowest BCUT2D eigenvalue weighted by molar-refractivity contribution is -0.110. The first kappa shape index (κ1) is 22.7. The second-order valence-corrected chi connectivity index (χ2v) is 8.69. The highest BCUT2D eigenvalue weighted by Gasteiger charge is 2.27. The fraction of sp³-hybridized carbons (Fsp3) is 0.321. The van der Waals surface area contributed by atoms with E-state index in [0.29, 0.717) is 12.3 Å². The predicted octanol–water partition coefficient (Wildman–Crippen LogP) is 5.44. The molecule has 1 aromatic heterocycles. The zero-order chi connectivity index (χ0) is 23.2. The number of nitrogens with one attached hydrogen (secondary N) is 1. The Morgan fingerprint density at radius 3 is 2.33 bits per heavy atom. The second-order valence-electron chi connectivity index (χ2n) is 8.69.